The summed E-state index contributed by atoms with van der Waals surface area (Å²) in [6, 6.07) is 13.4. The largest absolute Gasteiger partial charge is 0.493 e. The minimum Gasteiger partial charge on any atom is -0.493 e. The summed E-state index contributed by atoms with van der Waals surface area (Å²) >= 11 is 0. The number of hydrogen-bond donors (Lipinski definition) is 1. The monoisotopic (exact) mass is 405 g/mol. The molecule has 30 heavy (non-hydrogen) atoms. The molecule has 1 N–H and O–H groups in total. The molecule has 0 atom stereocenters. The second kappa shape index (κ2) is 9.78. The van der Waals surface area contributed by atoms with Crippen LogP contribution in [0.15, 0.2) is 60.9 Å². The summed E-state index contributed by atoms with van der Waals surface area (Å²) in [5, 5.41) is 2.87. The number of carbonyl (C=O) groups excluding carboxylic acids is 1. The molecule has 3 aromatic rings. The number of rotatable bonds is 8. The lowest BCUT2D eigenvalue weighted by Gasteiger charge is -2.13. The van der Waals surface area contributed by atoms with Crippen molar-refractivity contribution >= 4 is 17.7 Å². The molecule has 156 valence electrons. The molecule has 6 heteroatoms. The topological polar surface area (TPSA) is 65.4 Å². The third-order valence-electron chi connectivity index (χ3n) is 4.48. The molecule has 0 aliphatic carbocycles. The Bertz CT molecular complexity index is 1020. The predicted octanol–water partition coefficient (Wildman–Crippen LogP) is 4.69. The van der Waals surface area contributed by atoms with Gasteiger partial charge in [0, 0.05) is 30.7 Å². The van der Waals surface area contributed by atoms with Crippen LogP contribution in [-0.2, 0) is 11.3 Å². The van der Waals surface area contributed by atoms with Gasteiger partial charge in [-0.25, -0.2) is 4.98 Å². The van der Waals surface area contributed by atoms with E-state index < -0.39 is 0 Å². The molecule has 3 rings (SSSR count). The Morgan fingerprint density at radius 3 is 2.57 bits per heavy atom. The molecule has 1 heterocycles. The highest BCUT2D eigenvalue weighted by atomic mass is 16.5. The molecule has 0 spiro atoms. The van der Waals surface area contributed by atoms with Gasteiger partial charge in [-0.05, 0) is 62.2 Å². The predicted molar refractivity (Wildman–Crippen MR) is 119 cm³/mol. The first-order valence-corrected chi connectivity index (χ1v) is 9.85. The van der Waals surface area contributed by atoms with Gasteiger partial charge in [0.1, 0.15) is 5.82 Å². The molecule has 1 aromatic heterocycles. The van der Waals surface area contributed by atoms with Gasteiger partial charge in [-0.15, -0.1) is 0 Å². The SMILES string of the molecule is COc1cc(/C=C/C(=O)Nc2ccc(Cn3ccnc3C)cc2)ccc1OC(C)C. The van der Waals surface area contributed by atoms with E-state index in [1.807, 2.05) is 69.4 Å². The summed E-state index contributed by atoms with van der Waals surface area (Å²) in [5.41, 5.74) is 2.73. The number of aryl methyl sites for hydroxylation is 1. The number of hydrogen-bond acceptors (Lipinski definition) is 4. The second-order valence-corrected chi connectivity index (χ2v) is 7.20. The fraction of sp³-hybridized carbons (Fsp3) is 0.250. The highest BCUT2D eigenvalue weighted by Gasteiger charge is 2.07. The van der Waals surface area contributed by atoms with Crippen LogP contribution in [0.1, 0.15) is 30.8 Å². The maximum atomic E-state index is 12.3. The Morgan fingerprint density at radius 1 is 1.17 bits per heavy atom. The van der Waals surface area contributed by atoms with Crippen molar-refractivity contribution in [3.05, 3.63) is 77.9 Å². The third kappa shape index (κ3) is 5.73. The van der Waals surface area contributed by atoms with E-state index in [0.717, 1.165) is 29.2 Å². The van der Waals surface area contributed by atoms with Crippen LogP contribution < -0.4 is 14.8 Å². The van der Waals surface area contributed by atoms with Crippen LogP contribution in [0.25, 0.3) is 6.08 Å². The van der Waals surface area contributed by atoms with Crippen molar-refractivity contribution < 1.29 is 14.3 Å². The molecule has 0 bridgehead atoms. The van der Waals surface area contributed by atoms with Crippen LogP contribution >= 0.6 is 0 Å². The van der Waals surface area contributed by atoms with Crippen molar-refractivity contribution in [1.82, 2.24) is 9.55 Å². The molecule has 6 nitrogen and oxygen atoms in total. The summed E-state index contributed by atoms with van der Waals surface area (Å²) < 4.78 is 13.2. The van der Waals surface area contributed by atoms with Gasteiger partial charge in [0.15, 0.2) is 11.5 Å². The molecule has 0 radical (unpaired) electrons. The number of ether oxygens (including phenoxy) is 2. The van der Waals surface area contributed by atoms with Gasteiger partial charge in [0.2, 0.25) is 5.91 Å². The number of methoxy groups -OCH3 is 1. The zero-order valence-electron chi connectivity index (χ0n) is 17.8. The number of aromatic nitrogens is 2. The van der Waals surface area contributed by atoms with Crippen LogP contribution in [-0.4, -0.2) is 28.7 Å². The number of anilines is 1. The van der Waals surface area contributed by atoms with E-state index in [4.69, 9.17) is 9.47 Å². The van der Waals surface area contributed by atoms with Gasteiger partial charge >= 0.3 is 0 Å². The number of nitrogens with one attached hydrogen (secondary N) is 1. The quantitative estimate of drug-likeness (QED) is 0.552. The molecule has 2 aromatic carbocycles. The number of nitrogens with zero attached hydrogens (tertiary/aromatic N) is 2. The lowest BCUT2D eigenvalue weighted by molar-refractivity contribution is -0.111. The Morgan fingerprint density at radius 2 is 1.93 bits per heavy atom. The Labute approximate surface area is 177 Å². The zero-order chi connectivity index (χ0) is 21.5. The highest BCUT2D eigenvalue weighted by molar-refractivity contribution is 6.01. The van der Waals surface area contributed by atoms with Gasteiger partial charge in [-0.2, -0.15) is 0 Å². The first kappa shape index (κ1) is 21.2. The lowest BCUT2D eigenvalue weighted by atomic mass is 10.1. The first-order chi connectivity index (χ1) is 14.4. The minimum absolute atomic E-state index is 0.0569. The Balaban J connectivity index is 1.59. The van der Waals surface area contributed by atoms with E-state index >= 15 is 0 Å². The summed E-state index contributed by atoms with van der Waals surface area (Å²) in [6.45, 7) is 6.64. The second-order valence-electron chi connectivity index (χ2n) is 7.20. The molecule has 1 amide bonds. The molecule has 0 aliphatic rings. The first-order valence-electron chi connectivity index (χ1n) is 9.85. The molecular weight excluding hydrogens is 378 g/mol. The van der Waals surface area contributed by atoms with E-state index in [-0.39, 0.29) is 12.0 Å². The Kier molecular flexibility index (Phi) is 6.91. The number of amides is 1. The van der Waals surface area contributed by atoms with E-state index in [1.54, 1.807) is 19.4 Å². The summed E-state index contributed by atoms with van der Waals surface area (Å²) in [5.74, 6) is 2.09. The van der Waals surface area contributed by atoms with Gasteiger partial charge in [0.05, 0.1) is 13.2 Å². The van der Waals surface area contributed by atoms with E-state index in [9.17, 15) is 4.79 Å². The minimum atomic E-state index is -0.199. The van der Waals surface area contributed by atoms with E-state index in [0.29, 0.717) is 11.5 Å². The van der Waals surface area contributed by atoms with Crippen LogP contribution in [0.5, 0.6) is 11.5 Å². The van der Waals surface area contributed by atoms with Gasteiger partial charge in [-0.1, -0.05) is 18.2 Å². The van der Waals surface area contributed by atoms with Crippen molar-refractivity contribution in [2.24, 2.45) is 0 Å². The molecule has 0 unspecified atom stereocenters. The molecule has 0 saturated heterocycles. The van der Waals surface area contributed by atoms with Crippen LogP contribution in [0.3, 0.4) is 0 Å². The highest BCUT2D eigenvalue weighted by Crippen LogP contribution is 2.29. The molecule has 0 fully saturated rings. The smallest absolute Gasteiger partial charge is 0.248 e. The summed E-state index contributed by atoms with van der Waals surface area (Å²) in [6.07, 6.45) is 7.04. The average Bonchev–Trinajstić information content (AvgIpc) is 3.12. The average molecular weight is 405 g/mol. The van der Waals surface area contributed by atoms with Crippen LogP contribution in [0.2, 0.25) is 0 Å². The standard InChI is InChI=1S/C24H27N3O3/c1-17(2)30-22-11-7-19(15-23(22)29-4)8-12-24(28)26-21-9-5-20(6-10-21)16-27-14-13-25-18(27)3/h5-15,17H,16H2,1-4H3,(H,26,28)/b12-8+. The molecular formula is C24H27N3O3. The maximum absolute atomic E-state index is 12.3. The fourth-order valence-electron chi connectivity index (χ4n) is 2.96. The van der Waals surface area contributed by atoms with Crippen molar-refractivity contribution in [2.45, 2.75) is 33.4 Å². The lowest BCUT2D eigenvalue weighted by Crippen LogP contribution is -2.08. The van der Waals surface area contributed by atoms with Crippen LogP contribution in [0.4, 0.5) is 5.69 Å². The Hall–Kier alpha value is -3.54. The van der Waals surface area contributed by atoms with Crippen molar-refractivity contribution in [3.8, 4) is 11.5 Å². The van der Waals surface area contributed by atoms with Crippen molar-refractivity contribution in [2.75, 3.05) is 12.4 Å². The van der Waals surface area contributed by atoms with E-state index in [2.05, 4.69) is 14.9 Å². The van der Waals surface area contributed by atoms with Gasteiger partial charge in [-0.3, -0.25) is 4.79 Å². The molecule has 0 aliphatic heterocycles. The molecule has 0 saturated carbocycles. The summed E-state index contributed by atoms with van der Waals surface area (Å²) in [7, 11) is 1.60. The van der Waals surface area contributed by atoms with Crippen LogP contribution in [0, 0.1) is 6.92 Å². The number of carbonyl (C=O) groups is 1. The van der Waals surface area contributed by atoms with Crippen molar-refractivity contribution in [3.63, 3.8) is 0 Å². The zero-order valence-corrected chi connectivity index (χ0v) is 17.8. The number of benzene rings is 2. The van der Waals surface area contributed by atoms with E-state index in [1.165, 1.54) is 6.08 Å². The normalized spacial score (nSPS) is 11.1. The van der Waals surface area contributed by atoms with Crippen molar-refractivity contribution in [1.29, 1.82) is 0 Å². The maximum Gasteiger partial charge on any atom is 0.248 e. The van der Waals surface area contributed by atoms with Gasteiger partial charge in [0.25, 0.3) is 0 Å². The summed E-state index contributed by atoms with van der Waals surface area (Å²) in [4.78, 5) is 16.5. The third-order valence-corrected chi connectivity index (χ3v) is 4.48. The fourth-order valence-corrected chi connectivity index (χ4v) is 2.96. The number of imidazole rings is 1. The van der Waals surface area contributed by atoms with Gasteiger partial charge < -0.3 is 19.4 Å².